The summed E-state index contributed by atoms with van der Waals surface area (Å²) < 4.78 is 19.3. The van der Waals surface area contributed by atoms with Gasteiger partial charge in [-0.3, -0.25) is 0 Å². The Morgan fingerprint density at radius 1 is 1.03 bits per heavy atom. The van der Waals surface area contributed by atoms with Crippen LogP contribution < -0.4 is 14.4 Å². The molecule has 3 heterocycles. The molecule has 1 aliphatic heterocycles. The van der Waals surface area contributed by atoms with E-state index in [0.717, 1.165) is 70.1 Å². The number of aromatic nitrogens is 4. The Kier molecular flexibility index (Phi) is 7.58. The normalized spacial score (nSPS) is 13.8. The number of anilines is 1. The predicted molar refractivity (Wildman–Crippen MR) is 142 cm³/mol. The van der Waals surface area contributed by atoms with Crippen LogP contribution in [0.1, 0.15) is 23.9 Å². The highest BCUT2D eigenvalue weighted by atomic mass is 32.2. The van der Waals surface area contributed by atoms with Gasteiger partial charge in [0.25, 0.3) is 0 Å². The Morgan fingerprint density at radius 3 is 2.58 bits per heavy atom. The number of thioether (sulfide) groups is 1. The van der Waals surface area contributed by atoms with Gasteiger partial charge < -0.3 is 23.7 Å². The topological polar surface area (TPSA) is 74.5 Å². The molecule has 0 unspecified atom stereocenters. The lowest BCUT2D eigenvalue weighted by molar-refractivity contribution is 0.122. The Morgan fingerprint density at radius 2 is 1.83 bits per heavy atom. The van der Waals surface area contributed by atoms with Crippen LogP contribution in [0.2, 0.25) is 0 Å². The smallest absolute Gasteiger partial charge is 0.191 e. The standard InChI is InChI=1S/C27H31N5O3S/c1-4-23-28-24-25(31(23)2)29-27(30-26(24)32-12-14-34-15-13-32)36-18-20-10-11-21(33-3)16-22(20)35-17-19-8-6-5-7-9-19/h5-11,16H,4,12-15,17-18H2,1-3H3. The highest BCUT2D eigenvalue weighted by Crippen LogP contribution is 2.33. The molecule has 188 valence electrons. The minimum absolute atomic E-state index is 0.490. The number of methoxy groups -OCH3 is 1. The summed E-state index contributed by atoms with van der Waals surface area (Å²) in [4.78, 5) is 17.0. The lowest BCUT2D eigenvalue weighted by Crippen LogP contribution is -2.37. The molecule has 0 atom stereocenters. The SMILES string of the molecule is CCc1nc2c(N3CCOCC3)nc(SCc3ccc(OC)cc3OCc3ccccc3)nc2n1C. The Labute approximate surface area is 215 Å². The zero-order valence-corrected chi connectivity index (χ0v) is 21.8. The molecular weight excluding hydrogens is 474 g/mol. The summed E-state index contributed by atoms with van der Waals surface area (Å²) in [7, 11) is 3.69. The lowest BCUT2D eigenvalue weighted by atomic mass is 10.2. The van der Waals surface area contributed by atoms with Crippen molar-refractivity contribution >= 4 is 28.7 Å². The van der Waals surface area contributed by atoms with E-state index >= 15 is 0 Å². The second kappa shape index (κ2) is 11.2. The number of nitrogens with zero attached hydrogens (tertiary/aromatic N) is 5. The van der Waals surface area contributed by atoms with Gasteiger partial charge in [-0.15, -0.1) is 0 Å². The van der Waals surface area contributed by atoms with Crippen molar-refractivity contribution in [1.29, 1.82) is 0 Å². The number of hydrogen-bond acceptors (Lipinski definition) is 8. The van der Waals surface area contributed by atoms with Crippen LogP contribution in [-0.2, 0) is 30.6 Å². The van der Waals surface area contributed by atoms with Crippen molar-refractivity contribution in [3.05, 3.63) is 65.5 Å². The average Bonchev–Trinajstić information content (AvgIpc) is 3.26. The summed E-state index contributed by atoms with van der Waals surface area (Å²) in [6, 6.07) is 16.1. The van der Waals surface area contributed by atoms with E-state index in [1.54, 1.807) is 18.9 Å². The molecular formula is C27H31N5O3S. The third kappa shape index (κ3) is 5.27. The second-order valence-corrected chi connectivity index (χ2v) is 9.52. The fraction of sp³-hybridized carbons (Fsp3) is 0.370. The number of benzene rings is 2. The van der Waals surface area contributed by atoms with Crippen LogP contribution in [0.3, 0.4) is 0 Å². The number of fused-ring (bicyclic) bond motifs is 1. The maximum atomic E-state index is 6.21. The first-order chi connectivity index (χ1) is 17.7. The van der Waals surface area contributed by atoms with Crippen molar-refractivity contribution in [2.75, 3.05) is 38.3 Å². The number of ether oxygens (including phenoxy) is 3. The van der Waals surface area contributed by atoms with Gasteiger partial charge in [0.1, 0.15) is 23.9 Å². The van der Waals surface area contributed by atoms with E-state index in [4.69, 9.17) is 29.2 Å². The zero-order chi connectivity index (χ0) is 24.9. The molecule has 5 rings (SSSR count). The van der Waals surface area contributed by atoms with Crippen LogP contribution in [-0.4, -0.2) is 52.9 Å². The summed E-state index contributed by atoms with van der Waals surface area (Å²) in [5.74, 6) is 4.12. The van der Waals surface area contributed by atoms with E-state index in [0.29, 0.717) is 25.6 Å². The monoisotopic (exact) mass is 505 g/mol. The second-order valence-electron chi connectivity index (χ2n) is 8.58. The maximum Gasteiger partial charge on any atom is 0.191 e. The Hall–Kier alpha value is -3.30. The largest absolute Gasteiger partial charge is 0.497 e. The number of rotatable bonds is 9. The van der Waals surface area contributed by atoms with E-state index in [-0.39, 0.29) is 0 Å². The van der Waals surface area contributed by atoms with Gasteiger partial charge in [0.15, 0.2) is 22.1 Å². The molecule has 0 N–H and O–H groups in total. The average molecular weight is 506 g/mol. The van der Waals surface area contributed by atoms with Gasteiger partial charge in [-0.25, -0.2) is 15.0 Å². The van der Waals surface area contributed by atoms with Gasteiger partial charge in [0, 0.05) is 43.9 Å². The van der Waals surface area contributed by atoms with Gasteiger partial charge in [-0.1, -0.05) is 55.1 Å². The molecule has 9 heteroatoms. The summed E-state index contributed by atoms with van der Waals surface area (Å²) in [5.41, 5.74) is 3.90. The van der Waals surface area contributed by atoms with Gasteiger partial charge in [0.2, 0.25) is 0 Å². The molecule has 2 aromatic carbocycles. The molecule has 0 amide bonds. The molecule has 0 aliphatic carbocycles. The van der Waals surface area contributed by atoms with E-state index in [1.165, 1.54) is 0 Å². The molecule has 1 aliphatic rings. The Bertz CT molecular complexity index is 1320. The van der Waals surface area contributed by atoms with E-state index in [1.807, 2.05) is 43.4 Å². The molecule has 0 saturated carbocycles. The van der Waals surface area contributed by atoms with Gasteiger partial charge in [-0.2, -0.15) is 0 Å². The van der Waals surface area contributed by atoms with Crippen molar-refractivity contribution in [2.24, 2.45) is 7.05 Å². The summed E-state index contributed by atoms with van der Waals surface area (Å²) in [6.07, 6.45) is 0.839. The first-order valence-corrected chi connectivity index (χ1v) is 13.2. The van der Waals surface area contributed by atoms with Crippen molar-refractivity contribution in [3.8, 4) is 11.5 Å². The first kappa shape index (κ1) is 24.4. The number of hydrogen-bond donors (Lipinski definition) is 0. The zero-order valence-electron chi connectivity index (χ0n) is 20.9. The molecule has 0 spiro atoms. The van der Waals surface area contributed by atoms with Crippen LogP contribution in [0.5, 0.6) is 11.5 Å². The summed E-state index contributed by atoms with van der Waals surface area (Å²) in [5, 5.41) is 0.722. The van der Waals surface area contributed by atoms with Gasteiger partial charge in [0.05, 0.1) is 20.3 Å². The molecule has 2 aromatic heterocycles. The molecule has 0 bridgehead atoms. The first-order valence-electron chi connectivity index (χ1n) is 12.2. The van der Waals surface area contributed by atoms with Crippen molar-refractivity contribution < 1.29 is 14.2 Å². The summed E-state index contributed by atoms with van der Waals surface area (Å²) in [6.45, 7) is 5.57. The van der Waals surface area contributed by atoms with Crippen LogP contribution in [0.25, 0.3) is 11.2 Å². The molecule has 4 aromatic rings. The summed E-state index contributed by atoms with van der Waals surface area (Å²) >= 11 is 1.60. The van der Waals surface area contributed by atoms with Gasteiger partial charge in [-0.05, 0) is 11.6 Å². The quantitative estimate of drug-likeness (QED) is 0.241. The highest BCUT2D eigenvalue weighted by molar-refractivity contribution is 7.98. The third-order valence-corrected chi connectivity index (χ3v) is 7.16. The molecule has 1 fully saturated rings. The Balaban J connectivity index is 1.42. The molecule has 0 radical (unpaired) electrons. The van der Waals surface area contributed by atoms with Crippen molar-refractivity contribution in [2.45, 2.75) is 30.9 Å². The van der Waals surface area contributed by atoms with Crippen molar-refractivity contribution in [1.82, 2.24) is 19.5 Å². The fourth-order valence-electron chi connectivity index (χ4n) is 4.24. The molecule has 1 saturated heterocycles. The molecule has 8 nitrogen and oxygen atoms in total. The van der Waals surface area contributed by atoms with E-state index in [2.05, 4.69) is 28.5 Å². The molecule has 36 heavy (non-hydrogen) atoms. The lowest BCUT2D eigenvalue weighted by Gasteiger charge is -2.28. The minimum atomic E-state index is 0.490. The van der Waals surface area contributed by atoms with Gasteiger partial charge >= 0.3 is 0 Å². The fourth-order valence-corrected chi connectivity index (χ4v) is 5.07. The highest BCUT2D eigenvalue weighted by Gasteiger charge is 2.22. The van der Waals surface area contributed by atoms with Crippen LogP contribution >= 0.6 is 11.8 Å². The third-order valence-electron chi connectivity index (χ3n) is 6.27. The number of imidazole rings is 1. The predicted octanol–water partition coefficient (Wildman–Crippen LogP) is 4.64. The van der Waals surface area contributed by atoms with Crippen LogP contribution in [0.4, 0.5) is 5.82 Å². The number of aryl methyl sites for hydroxylation is 2. The minimum Gasteiger partial charge on any atom is -0.497 e. The maximum absolute atomic E-state index is 6.21. The van der Waals surface area contributed by atoms with E-state index < -0.39 is 0 Å². The van der Waals surface area contributed by atoms with Crippen LogP contribution in [0, 0.1) is 0 Å². The number of morpholine rings is 1. The van der Waals surface area contributed by atoms with E-state index in [9.17, 15) is 0 Å². The van der Waals surface area contributed by atoms with Crippen molar-refractivity contribution in [3.63, 3.8) is 0 Å². The van der Waals surface area contributed by atoms with Crippen LogP contribution in [0.15, 0.2) is 53.7 Å².